The quantitative estimate of drug-likeness (QED) is 0.748. The molecule has 0 unspecified atom stereocenters. The van der Waals surface area contributed by atoms with E-state index in [-0.39, 0.29) is 9.92 Å². The van der Waals surface area contributed by atoms with Gasteiger partial charge in [-0.1, -0.05) is 41.4 Å². The zero-order valence-electron chi connectivity index (χ0n) is 12.6. The molecular formula is C16H17Cl2NO3S. The first-order valence-corrected chi connectivity index (χ1v) is 9.24. The molecule has 0 aromatic heterocycles. The van der Waals surface area contributed by atoms with Gasteiger partial charge in [0.05, 0.1) is 17.0 Å². The molecule has 0 atom stereocenters. The smallest absolute Gasteiger partial charge is 0.240 e. The number of methoxy groups -OCH3 is 1. The van der Waals surface area contributed by atoms with E-state index in [1.54, 1.807) is 0 Å². The highest BCUT2D eigenvalue weighted by Gasteiger charge is 2.15. The number of hydrogen-bond donors (Lipinski definition) is 1. The standard InChI is InChI=1S/C16H17Cl2NO3S/c1-22-16-9-8-13(11-15(16)18)23(20,21)19-10-4-6-12-5-2-3-7-14(12)17/h2-3,5,7-9,11,19H,4,6,10H2,1H3. The third-order valence-electron chi connectivity index (χ3n) is 3.31. The van der Waals surface area contributed by atoms with Crippen LogP contribution in [0.2, 0.25) is 10.0 Å². The lowest BCUT2D eigenvalue weighted by molar-refractivity contribution is 0.414. The molecule has 0 spiro atoms. The average Bonchev–Trinajstić information content (AvgIpc) is 2.53. The molecule has 4 nitrogen and oxygen atoms in total. The van der Waals surface area contributed by atoms with E-state index in [9.17, 15) is 8.42 Å². The number of benzene rings is 2. The fourth-order valence-electron chi connectivity index (χ4n) is 2.08. The molecule has 0 saturated carbocycles. The minimum atomic E-state index is -3.60. The minimum Gasteiger partial charge on any atom is -0.495 e. The van der Waals surface area contributed by atoms with E-state index in [1.807, 2.05) is 24.3 Å². The molecular weight excluding hydrogens is 357 g/mol. The van der Waals surface area contributed by atoms with E-state index in [0.29, 0.717) is 30.2 Å². The predicted molar refractivity (Wildman–Crippen MR) is 93.0 cm³/mol. The van der Waals surface area contributed by atoms with E-state index >= 15 is 0 Å². The summed E-state index contributed by atoms with van der Waals surface area (Å²) < 4.78 is 32.0. The molecule has 2 rings (SSSR count). The van der Waals surface area contributed by atoms with Crippen LogP contribution in [-0.4, -0.2) is 22.1 Å². The van der Waals surface area contributed by atoms with Gasteiger partial charge in [0.2, 0.25) is 10.0 Å². The monoisotopic (exact) mass is 373 g/mol. The molecule has 0 aliphatic heterocycles. The first-order valence-electron chi connectivity index (χ1n) is 7.00. The zero-order valence-corrected chi connectivity index (χ0v) is 14.9. The lowest BCUT2D eigenvalue weighted by Gasteiger charge is -2.09. The van der Waals surface area contributed by atoms with E-state index in [1.165, 1.54) is 25.3 Å². The SMILES string of the molecule is COc1ccc(S(=O)(=O)NCCCc2ccccc2Cl)cc1Cl. The molecule has 23 heavy (non-hydrogen) atoms. The molecule has 7 heteroatoms. The van der Waals surface area contributed by atoms with Gasteiger partial charge in [-0.25, -0.2) is 13.1 Å². The van der Waals surface area contributed by atoms with Crippen molar-refractivity contribution in [1.82, 2.24) is 4.72 Å². The molecule has 0 saturated heterocycles. The molecule has 0 aliphatic carbocycles. The maximum atomic E-state index is 12.2. The Labute approximate surface area is 146 Å². The van der Waals surface area contributed by atoms with Crippen LogP contribution < -0.4 is 9.46 Å². The number of rotatable bonds is 7. The summed E-state index contributed by atoms with van der Waals surface area (Å²) >= 11 is 12.0. The number of sulfonamides is 1. The number of aryl methyl sites for hydroxylation is 1. The lowest BCUT2D eigenvalue weighted by atomic mass is 10.1. The lowest BCUT2D eigenvalue weighted by Crippen LogP contribution is -2.25. The van der Waals surface area contributed by atoms with Gasteiger partial charge in [-0.05, 0) is 42.7 Å². The number of hydrogen-bond acceptors (Lipinski definition) is 3. The van der Waals surface area contributed by atoms with E-state index in [4.69, 9.17) is 27.9 Å². The maximum absolute atomic E-state index is 12.2. The van der Waals surface area contributed by atoms with Gasteiger partial charge in [-0.2, -0.15) is 0 Å². The van der Waals surface area contributed by atoms with Crippen molar-refractivity contribution in [3.63, 3.8) is 0 Å². The van der Waals surface area contributed by atoms with E-state index in [0.717, 1.165) is 5.56 Å². The van der Waals surface area contributed by atoms with Gasteiger partial charge in [0.25, 0.3) is 0 Å². The van der Waals surface area contributed by atoms with Gasteiger partial charge in [0.1, 0.15) is 5.75 Å². The Kier molecular flexibility index (Phi) is 6.30. The summed E-state index contributed by atoms with van der Waals surface area (Å²) in [5, 5.41) is 0.948. The second-order valence-corrected chi connectivity index (χ2v) is 7.47. The van der Waals surface area contributed by atoms with Gasteiger partial charge >= 0.3 is 0 Å². The van der Waals surface area contributed by atoms with Crippen molar-refractivity contribution in [2.24, 2.45) is 0 Å². The van der Waals surface area contributed by atoms with Crippen LogP contribution >= 0.6 is 23.2 Å². The highest BCUT2D eigenvalue weighted by atomic mass is 35.5. The second-order valence-electron chi connectivity index (χ2n) is 4.89. The first kappa shape index (κ1) is 18.1. The highest BCUT2D eigenvalue weighted by Crippen LogP contribution is 2.26. The number of halogens is 2. The van der Waals surface area contributed by atoms with Crippen LogP contribution in [0.3, 0.4) is 0 Å². The molecule has 0 bridgehead atoms. The molecule has 0 amide bonds. The van der Waals surface area contributed by atoms with Crippen molar-refractivity contribution in [3.8, 4) is 5.75 Å². The topological polar surface area (TPSA) is 55.4 Å². The van der Waals surface area contributed by atoms with Gasteiger partial charge < -0.3 is 4.74 Å². The van der Waals surface area contributed by atoms with Crippen molar-refractivity contribution in [3.05, 3.63) is 58.1 Å². The highest BCUT2D eigenvalue weighted by molar-refractivity contribution is 7.89. The van der Waals surface area contributed by atoms with E-state index in [2.05, 4.69) is 4.72 Å². The van der Waals surface area contributed by atoms with Crippen LogP contribution in [0, 0.1) is 0 Å². The summed E-state index contributed by atoms with van der Waals surface area (Å²) in [5.74, 6) is 0.435. The summed E-state index contributed by atoms with van der Waals surface area (Å²) in [6.07, 6.45) is 1.35. The van der Waals surface area contributed by atoms with Crippen LogP contribution in [0.5, 0.6) is 5.75 Å². The first-order chi connectivity index (χ1) is 10.9. The molecule has 1 N–H and O–H groups in total. The Bertz CT molecular complexity index is 779. The molecule has 0 aliphatic rings. The summed E-state index contributed by atoms with van der Waals surface area (Å²) in [7, 11) is -2.12. The Morgan fingerprint density at radius 2 is 1.83 bits per heavy atom. The minimum absolute atomic E-state index is 0.112. The van der Waals surface area contributed by atoms with Crippen molar-refractivity contribution >= 4 is 33.2 Å². The fourth-order valence-corrected chi connectivity index (χ4v) is 3.74. The molecule has 0 heterocycles. The fraction of sp³-hybridized carbons (Fsp3) is 0.250. The van der Waals surface area contributed by atoms with Crippen LogP contribution in [-0.2, 0) is 16.4 Å². The largest absolute Gasteiger partial charge is 0.495 e. The molecule has 2 aromatic rings. The molecule has 0 radical (unpaired) electrons. The van der Waals surface area contributed by atoms with E-state index < -0.39 is 10.0 Å². The van der Waals surface area contributed by atoms with Crippen molar-refractivity contribution in [2.75, 3.05) is 13.7 Å². The Hall–Kier alpha value is -1.27. The van der Waals surface area contributed by atoms with Crippen molar-refractivity contribution in [1.29, 1.82) is 0 Å². The Balaban J connectivity index is 1.94. The van der Waals surface area contributed by atoms with Crippen LogP contribution in [0.25, 0.3) is 0 Å². The number of ether oxygens (including phenoxy) is 1. The van der Waals surface area contributed by atoms with Crippen LogP contribution in [0.15, 0.2) is 47.4 Å². The second kappa shape index (κ2) is 8.02. The van der Waals surface area contributed by atoms with Crippen molar-refractivity contribution in [2.45, 2.75) is 17.7 Å². The predicted octanol–water partition coefficient (Wildman–Crippen LogP) is 3.91. The summed E-state index contributed by atoms with van der Waals surface area (Å²) in [5.41, 5.74) is 1.00. The Morgan fingerprint density at radius 1 is 1.09 bits per heavy atom. The average molecular weight is 374 g/mol. The third kappa shape index (κ3) is 4.85. The van der Waals surface area contributed by atoms with Gasteiger partial charge in [-0.15, -0.1) is 0 Å². The van der Waals surface area contributed by atoms with Gasteiger partial charge in [0, 0.05) is 11.6 Å². The normalized spacial score (nSPS) is 11.4. The number of nitrogens with one attached hydrogen (secondary N) is 1. The summed E-state index contributed by atoms with van der Waals surface area (Å²) in [6, 6.07) is 11.9. The zero-order chi connectivity index (χ0) is 16.9. The molecule has 2 aromatic carbocycles. The third-order valence-corrected chi connectivity index (χ3v) is 5.43. The van der Waals surface area contributed by atoms with Crippen LogP contribution in [0.4, 0.5) is 0 Å². The molecule has 124 valence electrons. The van der Waals surface area contributed by atoms with Crippen molar-refractivity contribution < 1.29 is 13.2 Å². The van der Waals surface area contributed by atoms with Gasteiger partial charge in [-0.3, -0.25) is 0 Å². The molecule has 0 fully saturated rings. The van der Waals surface area contributed by atoms with Crippen LogP contribution in [0.1, 0.15) is 12.0 Å². The maximum Gasteiger partial charge on any atom is 0.240 e. The summed E-state index contributed by atoms with van der Waals surface area (Å²) in [4.78, 5) is 0.112. The summed E-state index contributed by atoms with van der Waals surface area (Å²) in [6.45, 7) is 0.317. The Morgan fingerprint density at radius 3 is 2.48 bits per heavy atom. The van der Waals surface area contributed by atoms with Gasteiger partial charge in [0.15, 0.2) is 0 Å².